The van der Waals surface area contributed by atoms with Gasteiger partial charge in [-0.25, -0.2) is 4.98 Å². The summed E-state index contributed by atoms with van der Waals surface area (Å²) in [6.45, 7) is -0.502. The molecule has 0 spiro atoms. The number of carbonyl (C=O) groups excluding carboxylic acids is 2. The van der Waals surface area contributed by atoms with Crippen LogP contribution in [0.2, 0.25) is 0 Å². The van der Waals surface area contributed by atoms with E-state index >= 15 is 0 Å². The molecule has 2 aromatic heterocycles. The zero-order valence-corrected chi connectivity index (χ0v) is 15.2. The van der Waals surface area contributed by atoms with Gasteiger partial charge in [0.05, 0.1) is 12.2 Å². The van der Waals surface area contributed by atoms with Gasteiger partial charge in [0, 0.05) is 36.2 Å². The number of nitrogens with one attached hydrogen (secondary N) is 1. The molecule has 2 heterocycles. The third kappa shape index (κ3) is 4.03. The molecular formula is C21H20FN3O3. The molecule has 1 fully saturated rings. The lowest BCUT2D eigenvalue weighted by atomic mass is 10.2. The molecule has 1 amide bonds. The molecule has 0 saturated heterocycles. The number of hydrogen-bond donors (Lipinski definition) is 1. The molecule has 0 atom stereocenters. The van der Waals surface area contributed by atoms with Crippen molar-refractivity contribution < 1.29 is 18.7 Å². The summed E-state index contributed by atoms with van der Waals surface area (Å²) >= 11 is 0. The lowest BCUT2D eigenvalue weighted by Gasteiger charge is -2.09. The summed E-state index contributed by atoms with van der Waals surface area (Å²) in [6, 6.07) is 10.6. The third-order valence-electron chi connectivity index (χ3n) is 4.62. The first-order chi connectivity index (χ1) is 13.6. The van der Waals surface area contributed by atoms with Crippen LogP contribution >= 0.6 is 0 Å². The van der Waals surface area contributed by atoms with E-state index in [9.17, 15) is 14.0 Å². The van der Waals surface area contributed by atoms with E-state index in [0.29, 0.717) is 17.3 Å². The van der Waals surface area contributed by atoms with Crippen molar-refractivity contribution in [2.45, 2.75) is 25.7 Å². The number of benzene rings is 1. The van der Waals surface area contributed by atoms with Crippen LogP contribution in [0.3, 0.4) is 0 Å². The van der Waals surface area contributed by atoms with Gasteiger partial charge < -0.3 is 10.1 Å². The van der Waals surface area contributed by atoms with Crippen molar-refractivity contribution in [3.63, 3.8) is 0 Å². The number of alkyl halides is 1. The van der Waals surface area contributed by atoms with Gasteiger partial charge in [-0.15, -0.1) is 0 Å². The Hall–Kier alpha value is -3.22. The van der Waals surface area contributed by atoms with Gasteiger partial charge >= 0.3 is 0 Å². The Morgan fingerprint density at radius 2 is 2.00 bits per heavy atom. The highest BCUT2D eigenvalue weighted by Gasteiger charge is 2.29. The average Bonchev–Trinajstić information content (AvgIpc) is 3.46. The van der Waals surface area contributed by atoms with Crippen molar-refractivity contribution in [1.82, 2.24) is 9.55 Å². The summed E-state index contributed by atoms with van der Waals surface area (Å²) in [6.07, 6.45) is 5.52. The molecule has 1 N–H and O–H groups in total. The number of anilines is 1. The van der Waals surface area contributed by atoms with Crippen molar-refractivity contribution >= 4 is 28.5 Å². The minimum atomic E-state index is -0.502. The number of ether oxygens (including phenoxy) is 1. The van der Waals surface area contributed by atoms with Crippen LogP contribution in [0, 0.1) is 5.92 Å². The Morgan fingerprint density at radius 3 is 2.79 bits per heavy atom. The summed E-state index contributed by atoms with van der Waals surface area (Å²) in [5.74, 6) is 1.58. The Labute approximate surface area is 161 Å². The maximum atomic E-state index is 12.3. The largest absolute Gasteiger partial charge is 0.457 e. The lowest BCUT2D eigenvalue weighted by molar-refractivity contribution is -0.117. The van der Waals surface area contributed by atoms with E-state index in [-0.39, 0.29) is 30.6 Å². The maximum absolute atomic E-state index is 12.3. The predicted molar refractivity (Wildman–Crippen MR) is 103 cm³/mol. The van der Waals surface area contributed by atoms with E-state index in [1.807, 2.05) is 12.1 Å². The lowest BCUT2D eigenvalue weighted by Crippen LogP contribution is -2.14. The molecule has 144 valence electrons. The zero-order valence-electron chi connectivity index (χ0n) is 15.2. The van der Waals surface area contributed by atoms with Gasteiger partial charge in [0.2, 0.25) is 11.8 Å². The number of hydrogen-bond acceptors (Lipinski definition) is 4. The quantitative estimate of drug-likeness (QED) is 0.651. The first kappa shape index (κ1) is 18.2. The van der Waals surface area contributed by atoms with E-state index < -0.39 is 6.67 Å². The van der Waals surface area contributed by atoms with E-state index in [1.54, 1.807) is 36.7 Å². The Balaban J connectivity index is 1.49. The average molecular weight is 381 g/mol. The van der Waals surface area contributed by atoms with Gasteiger partial charge in [-0.3, -0.25) is 18.5 Å². The van der Waals surface area contributed by atoms with Gasteiger partial charge in [-0.1, -0.05) is 0 Å². The van der Waals surface area contributed by atoms with E-state index in [1.165, 1.54) is 4.57 Å². The second-order valence-corrected chi connectivity index (χ2v) is 6.84. The third-order valence-corrected chi connectivity index (χ3v) is 4.62. The molecule has 0 bridgehead atoms. The fraction of sp³-hybridized carbons (Fsp3) is 0.286. The fourth-order valence-electron chi connectivity index (χ4n) is 2.99. The summed E-state index contributed by atoms with van der Waals surface area (Å²) in [5.41, 5.74) is 0.753. The molecule has 3 aromatic rings. The number of nitrogens with zero attached hydrogens (tertiary/aromatic N) is 2. The van der Waals surface area contributed by atoms with Crippen LogP contribution in [0.5, 0.6) is 11.5 Å². The van der Waals surface area contributed by atoms with Crippen LogP contribution < -0.4 is 10.1 Å². The smallest absolute Gasteiger partial charge is 0.231 e. The standard InChI is InChI=1S/C21H20FN3O3/c22-9-1-2-20(26)25-11-8-15-12-16(5-6-18(15)25)28-17-7-10-23-19(13-17)24-21(27)14-3-4-14/h5-8,10-14H,1-4,9H2,(H,23,24,27). The molecule has 0 unspecified atom stereocenters. The Morgan fingerprint density at radius 1 is 1.18 bits per heavy atom. The predicted octanol–water partition coefficient (Wildman–Crippen LogP) is 4.57. The molecule has 0 aliphatic heterocycles. The van der Waals surface area contributed by atoms with Crippen LogP contribution in [0.1, 0.15) is 30.5 Å². The van der Waals surface area contributed by atoms with Crippen LogP contribution in [0.25, 0.3) is 10.9 Å². The minimum Gasteiger partial charge on any atom is -0.457 e. The van der Waals surface area contributed by atoms with Gasteiger partial charge in [-0.2, -0.15) is 0 Å². The highest BCUT2D eigenvalue weighted by atomic mass is 19.1. The van der Waals surface area contributed by atoms with E-state index in [2.05, 4.69) is 10.3 Å². The van der Waals surface area contributed by atoms with Gasteiger partial charge in [-0.05, 0) is 49.6 Å². The Kier molecular flexibility index (Phi) is 5.06. The molecule has 1 aromatic carbocycles. The highest BCUT2D eigenvalue weighted by Crippen LogP contribution is 2.31. The molecule has 1 saturated carbocycles. The van der Waals surface area contributed by atoms with Crippen molar-refractivity contribution in [1.29, 1.82) is 0 Å². The first-order valence-electron chi connectivity index (χ1n) is 9.29. The summed E-state index contributed by atoms with van der Waals surface area (Å²) < 4.78 is 19.7. The molecule has 6 nitrogen and oxygen atoms in total. The maximum Gasteiger partial charge on any atom is 0.231 e. The number of aromatic nitrogens is 2. The van der Waals surface area contributed by atoms with Crippen LogP contribution in [-0.4, -0.2) is 28.0 Å². The molecule has 1 aliphatic rings. The summed E-state index contributed by atoms with van der Waals surface area (Å²) in [4.78, 5) is 28.2. The molecule has 4 rings (SSSR count). The number of amides is 1. The highest BCUT2D eigenvalue weighted by molar-refractivity contribution is 5.94. The van der Waals surface area contributed by atoms with Crippen molar-refractivity contribution in [2.24, 2.45) is 5.92 Å². The molecule has 1 aliphatic carbocycles. The fourth-order valence-corrected chi connectivity index (χ4v) is 2.99. The number of halogens is 1. The number of pyridine rings is 1. The van der Waals surface area contributed by atoms with E-state index in [0.717, 1.165) is 23.7 Å². The molecule has 28 heavy (non-hydrogen) atoms. The number of rotatable bonds is 7. The molecule has 7 heteroatoms. The number of fused-ring (bicyclic) bond motifs is 1. The van der Waals surface area contributed by atoms with Crippen LogP contribution in [-0.2, 0) is 4.79 Å². The van der Waals surface area contributed by atoms with Gasteiger partial charge in [0.15, 0.2) is 0 Å². The second-order valence-electron chi connectivity index (χ2n) is 6.84. The van der Waals surface area contributed by atoms with Crippen molar-refractivity contribution in [3.8, 4) is 11.5 Å². The zero-order chi connectivity index (χ0) is 19.5. The molecule has 0 radical (unpaired) electrons. The summed E-state index contributed by atoms with van der Waals surface area (Å²) in [5, 5.41) is 3.64. The van der Waals surface area contributed by atoms with Crippen molar-refractivity contribution in [3.05, 3.63) is 48.8 Å². The van der Waals surface area contributed by atoms with Crippen LogP contribution in [0.4, 0.5) is 10.2 Å². The summed E-state index contributed by atoms with van der Waals surface area (Å²) in [7, 11) is 0. The normalized spacial score (nSPS) is 13.5. The topological polar surface area (TPSA) is 73.2 Å². The minimum absolute atomic E-state index is 0.00941. The van der Waals surface area contributed by atoms with E-state index in [4.69, 9.17) is 4.74 Å². The SMILES string of the molecule is O=C(Nc1cc(Oc2ccc3c(ccn3C(=O)CCCF)c2)ccn1)C1CC1. The molecular weight excluding hydrogens is 361 g/mol. The second kappa shape index (κ2) is 7.80. The van der Waals surface area contributed by atoms with Gasteiger partial charge in [0.25, 0.3) is 0 Å². The van der Waals surface area contributed by atoms with Crippen molar-refractivity contribution in [2.75, 3.05) is 12.0 Å². The monoisotopic (exact) mass is 381 g/mol. The number of carbonyl (C=O) groups is 2. The Bertz CT molecular complexity index is 1030. The van der Waals surface area contributed by atoms with Crippen LogP contribution in [0.15, 0.2) is 48.8 Å². The van der Waals surface area contributed by atoms with Gasteiger partial charge in [0.1, 0.15) is 17.3 Å². The first-order valence-corrected chi connectivity index (χ1v) is 9.29.